The molecule has 0 bridgehead atoms. The second-order valence-electron chi connectivity index (χ2n) is 6.17. The lowest BCUT2D eigenvalue weighted by molar-refractivity contribution is -0.120. The van der Waals surface area contributed by atoms with E-state index in [1.807, 2.05) is 19.1 Å². The summed E-state index contributed by atoms with van der Waals surface area (Å²) in [6.45, 7) is 7.28. The highest BCUT2D eigenvalue weighted by atomic mass is 32.1. The molecule has 0 aliphatic carbocycles. The predicted molar refractivity (Wildman–Crippen MR) is 102 cm³/mol. The topological polar surface area (TPSA) is 71.1 Å². The quantitative estimate of drug-likeness (QED) is 0.757. The van der Waals surface area contributed by atoms with Crippen molar-refractivity contribution in [1.82, 2.24) is 15.6 Å². The van der Waals surface area contributed by atoms with E-state index >= 15 is 0 Å². The van der Waals surface area contributed by atoms with Crippen LogP contribution in [0.25, 0.3) is 10.6 Å². The van der Waals surface area contributed by atoms with Crippen molar-refractivity contribution in [3.8, 4) is 10.6 Å². The normalized spacial score (nSPS) is 10.7. The first kappa shape index (κ1) is 19.1. The largest absolute Gasteiger partial charge is 0.356 e. The summed E-state index contributed by atoms with van der Waals surface area (Å²) in [7, 11) is 0. The predicted octanol–water partition coefficient (Wildman–Crippen LogP) is 3.58. The van der Waals surface area contributed by atoms with E-state index in [0.717, 1.165) is 17.0 Å². The van der Waals surface area contributed by atoms with Gasteiger partial charge in [0.2, 0.25) is 5.91 Å². The minimum absolute atomic E-state index is 0.0497. The van der Waals surface area contributed by atoms with Gasteiger partial charge < -0.3 is 10.6 Å². The standard InChI is InChI=1S/C19H25N3O2S/c1-4-10-20-17(23)9-11-21-18(24)16-12-25-19(22-16)15-7-5-14(6-8-15)13(2)3/h5-8,12-13H,4,9-11H2,1-3H3,(H,20,23)(H,21,24). The molecule has 1 heterocycles. The van der Waals surface area contributed by atoms with Crippen LogP contribution in [-0.4, -0.2) is 29.9 Å². The Balaban J connectivity index is 1.89. The van der Waals surface area contributed by atoms with Crippen LogP contribution in [0.1, 0.15) is 55.6 Å². The fourth-order valence-electron chi connectivity index (χ4n) is 2.25. The van der Waals surface area contributed by atoms with Crippen molar-refractivity contribution >= 4 is 23.2 Å². The molecule has 6 heteroatoms. The summed E-state index contributed by atoms with van der Waals surface area (Å²) >= 11 is 1.44. The highest BCUT2D eigenvalue weighted by Crippen LogP contribution is 2.25. The van der Waals surface area contributed by atoms with Gasteiger partial charge in [0.25, 0.3) is 5.91 Å². The molecule has 0 spiro atoms. The Labute approximate surface area is 152 Å². The molecular weight excluding hydrogens is 334 g/mol. The molecule has 0 radical (unpaired) electrons. The van der Waals surface area contributed by atoms with Crippen LogP contribution in [0.3, 0.4) is 0 Å². The number of nitrogens with zero attached hydrogens (tertiary/aromatic N) is 1. The van der Waals surface area contributed by atoms with Gasteiger partial charge in [0.05, 0.1) is 0 Å². The molecule has 134 valence electrons. The third-order valence-electron chi connectivity index (χ3n) is 3.77. The Kier molecular flexibility index (Phi) is 7.13. The van der Waals surface area contributed by atoms with Crippen LogP contribution >= 0.6 is 11.3 Å². The third kappa shape index (κ3) is 5.67. The van der Waals surface area contributed by atoms with E-state index in [1.54, 1.807) is 5.38 Å². The molecule has 1 aromatic carbocycles. The first-order valence-electron chi connectivity index (χ1n) is 8.62. The summed E-state index contributed by atoms with van der Waals surface area (Å²) in [5.41, 5.74) is 2.67. The first-order chi connectivity index (χ1) is 12.0. The molecule has 0 fully saturated rings. The van der Waals surface area contributed by atoms with Gasteiger partial charge in [0.1, 0.15) is 10.7 Å². The highest BCUT2D eigenvalue weighted by molar-refractivity contribution is 7.13. The van der Waals surface area contributed by atoms with Crippen molar-refractivity contribution in [2.24, 2.45) is 0 Å². The van der Waals surface area contributed by atoms with Crippen molar-refractivity contribution in [3.05, 3.63) is 40.9 Å². The van der Waals surface area contributed by atoms with E-state index in [9.17, 15) is 9.59 Å². The number of rotatable bonds is 8. The lowest BCUT2D eigenvalue weighted by Crippen LogP contribution is -2.31. The second-order valence-corrected chi connectivity index (χ2v) is 7.03. The van der Waals surface area contributed by atoms with Crippen LogP contribution < -0.4 is 10.6 Å². The number of thiazole rings is 1. The van der Waals surface area contributed by atoms with Crippen molar-refractivity contribution in [2.75, 3.05) is 13.1 Å². The fourth-order valence-corrected chi connectivity index (χ4v) is 3.06. The minimum atomic E-state index is -0.246. The van der Waals surface area contributed by atoms with E-state index in [4.69, 9.17) is 0 Å². The molecule has 0 aliphatic heterocycles. The van der Waals surface area contributed by atoms with Gasteiger partial charge in [-0.3, -0.25) is 9.59 Å². The van der Waals surface area contributed by atoms with Gasteiger partial charge in [-0.05, 0) is 17.9 Å². The monoisotopic (exact) mass is 359 g/mol. The number of nitrogens with one attached hydrogen (secondary N) is 2. The fraction of sp³-hybridized carbons (Fsp3) is 0.421. The van der Waals surface area contributed by atoms with E-state index in [-0.39, 0.29) is 18.2 Å². The molecule has 2 rings (SSSR count). The average molecular weight is 359 g/mol. The summed E-state index contributed by atoms with van der Waals surface area (Å²) in [5.74, 6) is 0.192. The summed E-state index contributed by atoms with van der Waals surface area (Å²) in [4.78, 5) is 28.0. The number of aromatic nitrogens is 1. The van der Waals surface area contributed by atoms with Gasteiger partial charge in [-0.2, -0.15) is 0 Å². The summed E-state index contributed by atoms with van der Waals surface area (Å²) in [5, 5.41) is 8.09. The third-order valence-corrected chi connectivity index (χ3v) is 4.66. The number of carbonyl (C=O) groups excluding carboxylic acids is 2. The maximum absolute atomic E-state index is 12.1. The second kappa shape index (κ2) is 9.32. The molecule has 2 aromatic rings. The minimum Gasteiger partial charge on any atom is -0.356 e. The molecule has 0 saturated heterocycles. The Hall–Kier alpha value is -2.21. The van der Waals surface area contributed by atoms with Crippen molar-refractivity contribution < 1.29 is 9.59 Å². The van der Waals surface area contributed by atoms with Gasteiger partial charge in [0.15, 0.2) is 0 Å². The zero-order valence-corrected chi connectivity index (χ0v) is 15.8. The lowest BCUT2D eigenvalue weighted by atomic mass is 10.0. The first-order valence-corrected chi connectivity index (χ1v) is 9.50. The SMILES string of the molecule is CCCNC(=O)CCNC(=O)c1csc(-c2ccc(C(C)C)cc2)n1. The molecule has 1 aromatic heterocycles. The Morgan fingerprint density at radius 1 is 1.12 bits per heavy atom. The van der Waals surface area contributed by atoms with Crippen molar-refractivity contribution in [2.45, 2.75) is 39.5 Å². The van der Waals surface area contributed by atoms with Crippen LogP contribution in [-0.2, 0) is 4.79 Å². The molecule has 5 nitrogen and oxygen atoms in total. The van der Waals surface area contributed by atoms with E-state index in [2.05, 4.69) is 41.6 Å². The molecule has 0 atom stereocenters. The molecule has 25 heavy (non-hydrogen) atoms. The molecule has 0 saturated carbocycles. The summed E-state index contributed by atoms with van der Waals surface area (Å²) < 4.78 is 0. The molecule has 2 N–H and O–H groups in total. The van der Waals surface area contributed by atoms with Gasteiger partial charge in [-0.1, -0.05) is 45.0 Å². The van der Waals surface area contributed by atoms with Crippen LogP contribution in [0.4, 0.5) is 0 Å². The van der Waals surface area contributed by atoms with Crippen LogP contribution in [0.15, 0.2) is 29.6 Å². The molecular formula is C19H25N3O2S. The zero-order chi connectivity index (χ0) is 18.2. The Morgan fingerprint density at radius 3 is 2.48 bits per heavy atom. The van der Waals surface area contributed by atoms with Crippen LogP contribution in [0.5, 0.6) is 0 Å². The number of hydrogen-bond donors (Lipinski definition) is 2. The average Bonchev–Trinajstić information content (AvgIpc) is 3.10. The zero-order valence-electron chi connectivity index (χ0n) is 15.0. The Bertz CT molecular complexity index is 708. The van der Waals surface area contributed by atoms with Crippen LogP contribution in [0.2, 0.25) is 0 Å². The summed E-state index contributed by atoms with van der Waals surface area (Å²) in [6.07, 6.45) is 1.18. The molecule has 0 aliphatic rings. The summed E-state index contributed by atoms with van der Waals surface area (Å²) in [6, 6.07) is 8.26. The molecule has 0 unspecified atom stereocenters. The van der Waals surface area contributed by atoms with Gasteiger partial charge in [-0.25, -0.2) is 4.98 Å². The highest BCUT2D eigenvalue weighted by Gasteiger charge is 2.12. The number of benzene rings is 1. The van der Waals surface area contributed by atoms with Gasteiger partial charge >= 0.3 is 0 Å². The van der Waals surface area contributed by atoms with Crippen LogP contribution in [0, 0.1) is 0 Å². The van der Waals surface area contributed by atoms with Gasteiger partial charge in [-0.15, -0.1) is 11.3 Å². The molecule has 2 amide bonds. The lowest BCUT2D eigenvalue weighted by Gasteiger charge is -2.05. The maximum Gasteiger partial charge on any atom is 0.270 e. The van der Waals surface area contributed by atoms with E-state index in [1.165, 1.54) is 16.9 Å². The number of hydrogen-bond acceptors (Lipinski definition) is 4. The van der Waals surface area contributed by atoms with Gasteiger partial charge in [0, 0.05) is 30.5 Å². The van der Waals surface area contributed by atoms with Crippen molar-refractivity contribution in [3.63, 3.8) is 0 Å². The Morgan fingerprint density at radius 2 is 1.84 bits per heavy atom. The maximum atomic E-state index is 12.1. The van der Waals surface area contributed by atoms with E-state index in [0.29, 0.717) is 24.7 Å². The number of amides is 2. The van der Waals surface area contributed by atoms with E-state index < -0.39 is 0 Å². The smallest absolute Gasteiger partial charge is 0.270 e. The van der Waals surface area contributed by atoms with Crippen molar-refractivity contribution in [1.29, 1.82) is 0 Å². The number of carbonyl (C=O) groups is 2.